The van der Waals surface area contributed by atoms with E-state index in [1.807, 2.05) is 45.0 Å². The van der Waals surface area contributed by atoms with E-state index in [1.165, 1.54) is 11.8 Å². The second-order valence-electron chi connectivity index (χ2n) is 7.12. The SMILES string of the molecule is CCN1C(=O)C(CC(=O)Nc2cccc(C)c2C)SC1=Nc1ccc2c(c1)OCO2. The van der Waals surface area contributed by atoms with Crippen LogP contribution in [0.3, 0.4) is 0 Å². The van der Waals surface area contributed by atoms with E-state index in [4.69, 9.17) is 9.47 Å². The number of nitrogens with zero attached hydrogens (tertiary/aromatic N) is 2. The fourth-order valence-electron chi connectivity index (χ4n) is 3.34. The van der Waals surface area contributed by atoms with Gasteiger partial charge in [-0.15, -0.1) is 0 Å². The van der Waals surface area contributed by atoms with Gasteiger partial charge in [-0.05, 0) is 50.1 Å². The number of benzene rings is 2. The zero-order valence-electron chi connectivity index (χ0n) is 17.1. The third-order valence-corrected chi connectivity index (χ3v) is 6.34. The number of rotatable bonds is 5. The number of aryl methyl sites for hydroxylation is 1. The number of fused-ring (bicyclic) bond motifs is 1. The van der Waals surface area contributed by atoms with Crippen LogP contribution < -0.4 is 14.8 Å². The average Bonchev–Trinajstić information content (AvgIpc) is 3.29. The number of thioether (sulfide) groups is 1. The Hall–Kier alpha value is -3.00. The molecule has 2 heterocycles. The van der Waals surface area contributed by atoms with Crippen molar-refractivity contribution < 1.29 is 19.1 Å². The highest BCUT2D eigenvalue weighted by atomic mass is 32.2. The van der Waals surface area contributed by atoms with Crippen LogP contribution in [-0.4, -0.2) is 40.5 Å². The van der Waals surface area contributed by atoms with E-state index in [9.17, 15) is 9.59 Å². The molecule has 2 aliphatic heterocycles. The van der Waals surface area contributed by atoms with Crippen molar-refractivity contribution >= 4 is 40.1 Å². The summed E-state index contributed by atoms with van der Waals surface area (Å²) in [5.74, 6) is 1.04. The first-order valence-corrected chi connectivity index (χ1v) is 10.7. The van der Waals surface area contributed by atoms with Gasteiger partial charge in [0.25, 0.3) is 0 Å². The van der Waals surface area contributed by atoms with Crippen molar-refractivity contribution in [3.05, 3.63) is 47.5 Å². The van der Waals surface area contributed by atoms with E-state index < -0.39 is 5.25 Å². The van der Waals surface area contributed by atoms with E-state index in [-0.39, 0.29) is 25.0 Å². The van der Waals surface area contributed by atoms with E-state index in [0.29, 0.717) is 28.9 Å². The molecule has 156 valence electrons. The molecule has 0 saturated carbocycles. The molecule has 0 bridgehead atoms. The summed E-state index contributed by atoms with van der Waals surface area (Å²) >= 11 is 1.32. The summed E-state index contributed by atoms with van der Waals surface area (Å²) in [6.07, 6.45) is 0.0908. The Labute approximate surface area is 179 Å². The van der Waals surface area contributed by atoms with Crippen LogP contribution in [0.15, 0.2) is 41.4 Å². The van der Waals surface area contributed by atoms with Crippen LogP contribution in [0.2, 0.25) is 0 Å². The van der Waals surface area contributed by atoms with Crippen molar-refractivity contribution in [2.24, 2.45) is 4.99 Å². The fraction of sp³-hybridized carbons (Fsp3) is 0.318. The number of carbonyl (C=O) groups excluding carboxylic acids is 2. The van der Waals surface area contributed by atoms with Crippen molar-refractivity contribution in [1.29, 1.82) is 0 Å². The molecule has 2 aromatic carbocycles. The van der Waals surface area contributed by atoms with Gasteiger partial charge in [0.05, 0.1) is 5.69 Å². The Morgan fingerprint density at radius 3 is 2.83 bits per heavy atom. The summed E-state index contributed by atoms with van der Waals surface area (Å²) in [6.45, 7) is 6.55. The number of carbonyl (C=O) groups is 2. The molecule has 2 amide bonds. The standard InChI is InChI=1S/C22H23N3O4S/c1-4-25-21(27)19(11-20(26)24-16-7-5-6-13(2)14(16)3)30-22(25)23-15-8-9-17-18(10-15)29-12-28-17/h5-10,19H,4,11-12H2,1-3H3,(H,24,26). The first-order chi connectivity index (χ1) is 14.5. The molecule has 0 radical (unpaired) electrons. The van der Waals surface area contributed by atoms with Gasteiger partial charge in [-0.25, -0.2) is 4.99 Å². The summed E-state index contributed by atoms with van der Waals surface area (Å²) in [7, 11) is 0. The Bertz CT molecular complexity index is 1040. The molecule has 1 atom stereocenters. The number of hydrogen-bond acceptors (Lipinski definition) is 6. The molecule has 2 aliphatic rings. The first kappa shape index (κ1) is 20.3. The Kier molecular flexibility index (Phi) is 5.67. The van der Waals surface area contributed by atoms with E-state index in [2.05, 4.69) is 10.3 Å². The average molecular weight is 426 g/mol. The van der Waals surface area contributed by atoms with Crippen LogP contribution >= 0.6 is 11.8 Å². The Morgan fingerprint density at radius 2 is 2.03 bits per heavy atom. The summed E-state index contributed by atoms with van der Waals surface area (Å²) in [6, 6.07) is 11.2. The van der Waals surface area contributed by atoms with Gasteiger partial charge in [0.1, 0.15) is 5.25 Å². The maximum Gasteiger partial charge on any atom is 0.242 e. The van der Waals surface area contributed by atoms with Crippen LogP contribution in [0.4, 0.5) is 11.4 Å². The third-order valence-electron chi connectivity index (χ3n) is 5.17. The Morgan fingerprint density at radius 1 is 1.23 bits per heavy atom. The zero-order valence-corrected chi connectivity index (χ0v) is 17.9. The summed E-state index contributed by atoms with van der Waals surface area (Å²) < 4.78 is 10.7. The largest absolute Gasteiger partial charge is 0.454 e. The number of ether oxygens (including phenoxy) is 2. The second kappa shape index (κ2) is 8.39. The van der Waals surface area contributed by atoms with Gasteiger partial charge in [0, 0.05) is 24.7 Å². The summed E-state index contributed by atoms with van der Waals surface area (Å²) in [5.41, 5.74) is 3.58. The Balaban J connectivity index is 1.48. The van der Waals surface area contributed by atoms with Crippen LogP contribution in [-0.2, 0) is 9.59 Å². The van der Waals surface area contributed by atoms with Gasteiger partial charge in [-0.1, -0.05) is 23.9 Å². The lowest BCUT2D eigenvalue weighted by atomic mass is 10.1. The van der Waals surface area contributed by atoms with E-state index in [0.717, 1.165) is 16.8 Å². The van der Waals surface area contributed by atoms with Crippen molar-refractivity contribution in [2.45, 2.75) is 32.4 Å². The number of amides is 2. The lowest BCUT2D eigenvalue weighted by Crippen LogP contribution is -2.33. The molecule has 1 N–H and O–H groups in total. The minimum absolute atomic E-state index is 0.0908. The number of anilines is 1. The zero-order chi connectivity index (χ0) is 21.3. The highest BCUT2D eigenvalue weighted by molar-refractivity contribution is 8.15. The molecule has 1 saturated heterocycles. The lowest BCUT2D eigenvalue weighted by molar-refractivity contribution is -0.128. The van der Waals surface area contributed by atoms with Crippen LogP contribution in [0, 0.1) is 13.8 Å². The molecule has 7 nitrogen and oxygen atoms in total. The first-order valence-electron chi connectivity index (χ1n) is 9.78. The third kappa shape index (κ3) is 4.00. The molecule has 1 fully saturated rings. The lowest BCUT2D eigenvalue weighted by Gasteiger charge is -2.14. The molecular formula is C22H23N3O4S. The summed E-state index contributed by atoms with van der Waals surface area (Å²) in [4.78, 5) is 31.7. The highest BCUT2D eigenvalue weighted by Crippen LogP contribution is 2.37. The molecule has 4 rings (SSSR count). The molecule has 30 heavy (non-hydrogen) atoms. The minimum atomic E-state index is -0.497. The van der Waals surface area contributed by atoms with Gasteiger partial charge in [-0.2, -0.15) is 0 Å². The maximum absolute atomic E-state index is 12.8. The highest BCUT2D eigenvalue weighted by Gasteiger charge is 2.38. The van der Waals surface area contributed by atoms with Gasteiger partial charge >= 0.3 is 0 Å². The quantitative estimate of drug-likeness (QED) is 0.783. The molecule has 1 unspecified atom stereocenters. The van der Waals surface area contributed by atoms with Crippen molar-refractivity contribution in [1.82, 2.24) is 4.90 Å². The molecule has 0 aliphatic carbocycles. The normalized spacial score (nSPS) is 18.9. The molecule has 0 spiro atoms. The molecule has 0 aromatic heterocycles. The van der Waals surface area contributed by atoms with Crippen LogP contribution in [0.5, 0.6) is 11.5 Å². The number of aliphatic imine (C=N–C) groups is 1. The van der Waals surface area contributed by atoms with Crippen LogP contribution in [0.25, 0.3) is 0 Å². The molecule has 2 aromatic rings. The minimum Gasteiger partial charge on any atom is -0.454 e. The van der Waals surface area contributed by atoms with Gasteiger partial charge in [0.15, 0.2) is 16.7 Å². The van der Waals surface area contributed by atoms with Crippen molar-refractivity contribution in [3.63, 3.8) is 0 Å². The van der Waals surface area contributed by atoms with Gasteiger partial charge < -0.3 is 14.8 Å². The second-order valence-corrected chi connectivity index (χ2v) is 8.29. The maximum atomic E-state index is 12.8. The van der Waals surface area contributed by atoms with E-state index in [1.54, 1.807) is 17.0 Å². The summed E-state index contributed by atoms with van der Waals surface area (Å²) in [5, 5.41) is 3.02. The van der Waals surface area contributed by atoms with Crippen LogP contribution in [0.1, 0.15) is 24.5 Å². The number of amidine groups is 1. The molecular weight excluding hydrogens is 402 g/mol. The predicted molar refractivity (Wildman–Crippen MR) is 118 cm³/mol. The van der Waals surface area contributed by atoms with Crippen molar-refractivity contribution in [3.8, 4) is 11.5 Å². The monoisotopic (exact) mass is 425 g/mol. The van der Waals surface area contributed by atoms with E-state index >= 15 is 0 Å². The molecule has 8 heteroatoms. The van der Waals surface area contributed by atoms with Crippen molar-refractivity contribution in [2.75, 3.05) is 18.7 Å². The fourth-order valence-corrected chi connectivity index (χ4v) is 4.56. The van der Waals surface area contributed by atoms with Gasteiger partial charge in [0.2, 0.25) is 18.6 Å². The van der Waals surface area contributed by atoms with Gasteiger partial charge in [-0.3, -0.25) is 14.5 Å². The number of nitrogens with one attached hydrogen (secondary N) is 1. The smallest absolute Gasteiger partial charge is 0.242 e. The topological polar surface area (TPSA) is 80.2 Å². The number of hydrogen-bond donors (Lipinski definition) is 1. The predicted octanol–water partition coefficient (Wildman–Crippen LogP) is 4.01.